The maximum absolute atomic E-state index is 12.4. The molecule has 0 unspecified atom stereocenters. The minimum atomic E-state index is -0.306. The molecule has 122 valence electrons. The van der Waals surface area contributed by atoms with E-state index in [0.717, 1.165) is 25.8 Å². The van der Waals surface area contributed by atoms with E-state index in [2.05, 4.69) is 12.0 Å². The molecule has 1 aliphatic heterocycles. The Kier molecular flexibility index (Phi) is 4.32. The number of hydrogen-bond acceptors (Lipinski definition) is 3. The van der Waals surface area contributed by atoms with E-state index in [1.165, 1.54) is 4.68 Å². The van der Waals surface area contributed by atoms with E-state index in [9.17, 15) is 14.4 Å². The molecule has 3 rings (SSSR count). The zero-order valence-corrected chi connectivity index (χ0v) is 13.2. The van der Waals surface area contributed by atoms with Crippen molar-refractivity contribution in [3.8, 4) is 0 Å². The SMILES string of the molecule is C[C@H]1CCCCN1C(=O)CCn1[nH]c(=O)c2ccccc2c1=O. The summed E-state index contributed by atoms with van der Waals surface area (Å²) < 4.78 is 1.25. The van der Waals surface area contributed by atoms with Crippen LogP contribution in [0, 0.1) is 0 Å². The normalized spacial score (nSPS) is 18.3. The average Bonchev–Trinajstić information content (AvgIpc) is 2.57. The number of nitrogens with one attached hydrogen (secondary N) is 1. The van der Waals surface area contributed by atoms with Gasteiger partial charge in [-0.3, -0.25) is 19.5 Å². The highest BCUT2D eigenvalue weighted by molar-refractivity contribution is 5.80. The fourth-order valence-electron chi connectivity index (χ4n) is 3.22. The van der Waals surface area contributed by atoms with Gasteiger partial charge in [-0.15, -0.1) is 0 Å². The number of aryl methyl sites for hydroxylation is 1. The lowest BCUT2D eigenvalue weighted by Gasteiger charge is -2.33. The van der Waals surface area contributed by atoms with Crippen LogP contribution in [0.3, 0.4) is 0 Å². The van der Waals surface area contributed by atoms with E-state index in [1.54, 1.807) is 24.3 Å². The molecule has 0 aliphatic carbocycles. The number of piperidine rings is 1. The second-order valence-corrected chi connectivity index (χ2v) is 6.13. The van der Waals surface area contributed by atoms with Crippen molar-refractivity contribution in [2.45, 2.75) is 45.2 Å². The van der Waals surface area contributed by atoms with Gasteiger partial charge in [-0.1, -0.05) is 12.1 Å². The molecular formula is C17H21N3O3. The quantitative estimate of drug-likeness (QED) is 0.932. The van der Waals surface area contributed by atoms with E-state index < -0.39 is 0 Å². The Balaban J connectivity index is 1.80. The maximum Gasteiger partial charge on any atom is 0.273 e. The Morgan fingerprint density at radius 1 is 1.22 bits per heavy atom. The highest BCUT2D eigenvalue weighted by Gasteiger charge is 2.22. The lowest BCUT2D eigenvalue weighted by Crippen LogP contribution is -2.42. The van der Waals surface area contributed by atoms with Crippen LogP contribution in [0.15, 0.2) is 33.9 Å². The van der Waals surface area contributed by atoms with Gasteiger partial charge in [0.15, 0.2) is 0 Å². The minimum absolute atomic E-state index is 0.0399. The third-order valence-corrected chi connectivity index (χ3v) is 4.56. The van der Waals surface area contributed by atoms with E-state index >= 15 is 0 Å². The molecule has 1 aliphatic rings. The lowest BCUT2D eigenvalue weighted by atomic mass is 10.0. The molecule has 2 heterocycles. The molecule has 23 heavy (non-hydrogen) atoms. The van der Waals surface area contributed by atoms with Gasteiger partial charge < -0.3 is 4.90 Å². The van der Waals surface area contributed by atoms with Crippen molar-refractivity contribution in [2.24, 2.45) is 0 Å². The molecule has 1 amide bonds. The fraction of sp³-hybridized carbons (Fsp3) is 0.471. The molecule has 0 saturated carbocycles. The number of aromatic nitrogens is 2. The van der Waals surface area contributed by atoms with Gasteiger partial charge in [-0.2, -0.15) is 0 Å². The molecule has 1 fully saturated rings. The number of amides is 1. The van der Waals surface area contributed by atoms with Crippen LogP contribution in [0.2, 0.25) is 0 Å². The van der Waals surface area contributed by atoms with Gasteiger partial charge in [0.2, 0.25) is 5.91 Å². The second kappa shape index (κ2) is 6.40. The van der Waals surface area contributed by atoms with Gasteiger partial charge in [0.05, 0.1) is 17.3 Å². The number of carbonyl (C=O) groups excluding carboxylic acids is 1. The van der Waals surface area contributed by atoms with Crippen LogP contribution >= 0.6 is 0 Å². The zero-order chi connectivity index (χ0) is 16.4. The highest BCUT2D eigenvalue weighted by atomic mass is 16.2. The first-order valence-corrected chi connectivity index (χ1v) is 8.09. The highest BCUT2D eigenvalue weighted by Crippen LogP contribution is 2.17. The van der Waals surface area contributed by atoms with Crippen LogP contribution in [0.1, 0.15) is 32.6 Å². The summed E-state index contributed by atoms with van der Waals surface area (Å²) in [5.41, 5.74) is -0.571. The molecule has 1 atom stereocenters. The average molecular weight is 315 g/mol. The van der Waals surface area contributed by atoms with E-state index in [-0.39, 0.29) is 36.0 Å². The van der Waals surface area contributed by atoms with Crippen molar-refractivity contribution in [2.75, 3.05) is 6.54 Å². The van der Waals surface area contributed by atoms with Crippen molar-refractivity contribution in [1.29, 1.82) is 0 Å². The number of hydrogen-bond donors (Lipinski definition) is 1. The molecule has 0 radical (unpaired) electrons. The summed E-state index contributed by atoms with van der Waals surface area (Å²) in [4.78, 5) is 38.7. The van der Waals surface area contributed by atoms with E-state index in [1.807, 2.05) is 4.90 Å². The molecule has 6 nitrogen and oxygen atoms in total. The molecular weight excluding hydrogens is 294 g/mol. The number of aromatic amines is 1. The molecule has 1 aromatic heterocycles. The van der Waals surface area contributed by atoms with Crippen LogP contribution in [0.25, 0.3) is 10.8 Å². The molecule has 1 saturated heterocycles. The van der Waals surface area contributed by atoms with Gasteiger partial charge >= 0.3 is 0 Å². The van der Waals surface area contributed by atoms with Crippen LogP contribution in [-0.4, -0.2) is 33.2 Å². The van der Waals surface area contributed by atoms with Crippen LogP contribution in [0.4, 0.5) is 0 Å². The summed E-state index contributed by atoms with van der Waals surface area (Å²) in [5, 5.41) is 3.33. The van der Waals surface area contributed by atoms with Gasteiger partial charge in [-0.25, -0.2) is 4.68 Å². The maximum atomic E-state index is 12.4. The summed E-state index contributed by atoms with van der Waals surface area (Å²) in [7, 11) is 0. The second-order valence-electron chi connectivity index (χ2n) is 6.13. The van der Waals surface area contributed by atoms with Crippen LogP contribution in [-0.2, 0) is 11.3 Å². The Bertz CT molecular complexity index is 837. The number of rotatable bonds is 3. The van der Waals surface area contributed by atoms with Crippen molar-refractivity contribution >= 4 is 16.7 Å². The zero-order valence-electron chi connectivity index (χ0n) is 13.2. The molecule has 1 aromatic carbocycles. The first-order valence-electron chi connectivity index (χ1n) is 8.09. The van der Waals surface area contributed by atoms with Crippen LogP contribution < -0.4 is 11.1 Å². The first kappa shape index (κ1) is 15.5. The molecule has 2 aromatic rings. The van der Waals surface area contributed by atoms with Gasteiger partial charge in [-0.05, 0) is 38.3 Å². The largest absolute Gasteiger partial charge is 0.340 e. The number of carbonyl (C=O) groups is 1. The molecule has 6 heteroatoms. The lowest BCUT2D eigenvalue weighted by molar-refractivity contribution is -0.134. The standard InChI is InChI=1S/C17H21N3O3/c1-12-6-4-5-10-19(12)15(21)9-11-20-17(23)14-8-3-2-7-13(14)16(22)18-20/h2-3,7-8,12H,4-6,9-11H2,1H3,(H,18,22)/t12-/m0/s1. The summed E-state index contributed by atoms with van der Waals surface area (Å²) in [6, 6.07) is 6.97. The summed E-state index contributed by atoms with van der Waals surface area (Å²) in [6.07, 6.45) is 3.43. The third-order valence-electron chi connectivity index (χ3n) is 4.56. The topological polar surface area (TPSA) is 75.2 Å². The minimum Gasteiger partial charge on any atom is -0.340 e. The number of H-pyrrole nitrogens is 1. The number of likely N-dealkylation sites (tertiary alicyclic amines) is 1. The Hall–Kier alpha value is -2.37. The fourth-order valence-corrected chi connectivity index (χ4v) is 3.22. The molecule has 0 bridgehead atoms. The number of fused-ring (bicyclic) bond motifs is 1. The summed E-state index contributed by atoms with van der Waals surface area (Å²) >= 11 is 0. The summed E-state index contributed by atoms with van der Waals surface area (Å²) in [6.45, 7) is 3.03. The summed E-state index contributed by atoms with van der Waals surface area (Å²) in [5.74, 6) is 0.0399. The van der Waals surface area contributed by atoms with Crippen molar-refractivity contribution in [1.82, 2.24) is 14.7 Å². The van der Waals surface area contributed by atoms with Gasteiger partial charge in [0, 0.05) is 19.0 Å². The van der Waals surface area contributed by atoms with Gasteiger partial charge in [0.1, 0.15) is 0 Å². The van der Waals surface area contributed by atoms with Crippen molar-refractivity contribution < 1.29 is 4.79 Å². The number of benzene rings is 1. The number of nitrogens with zero attached hydrogens (tertiary/aromatic N) is 2. The Morgan fingerprint density at radius 2 is 1.96 bits per heavy atom. The molecule has 1 N–H and O–H groups in total. The van der Waals surface area contributed by atoms with Crippen molar-refractivity contribution in [3.05, 3.63) is 45.0 Å². The van der Waals surface area contributed by atoms with Crippen LogP contribution in [0.5, 0.6) is 0 Å². The smallest absolute Gasteiger partial charge is 0.273 e. The first-order chi connectivity index (χ1) is 11.1. The van der Waals surface area contributed by atoms with Crippen molar-refractivity contribution in [3.63, 3.8) is 0 Å². The predicted octanol–water partition coefficient (Wildman–Crippen LogP) is 1.48. The van der Waals surface area contributed by atoms with Gasteiger partial charge in [0.25, 0.3) is 11.1 Å². The Labute approximate surface area is 133 Å². The van der Waals surface area contributed by atoms with E-state index in [4.69, 9.17) is 0 Å². The molecule has 0 spiro atoms. The monoisotopic (exact) mass is 315 g/mol. The Morgan fingerprint density at radius 3 is 2.70 bits per heavy atom. The van der Waals surface area contributed by atoms with E-state index in [0.29, 0.717) is 10.8 Å². The predicted molar refractivity (Wildman–Crippen MR) is 88.5 cm³/mol. The third kappa shape index (κ3) is 3.06.